The fraction of sp³-hybridized carbons (Fsp3) is 0.389. The van der Waals surface area contributed by atoms with Crippen LogP contribution in [0.3, 0.4) is 0 Å². The Morgan fingerprint density at radius 1 is 1.21 bits per heavy atom. The molecule has 0 atom stereocenters. The highest BCUT2D eigenvalue weighted by Crippen LogP contribution is 2.15. The Hall–Kier alpha value is -2.81. The molecule has 0 saturated carbocycles. The van der Waals surface area contributed by atoms with Crippen molar-refractivity contribution < 1.29 is 19.1 Å². The molecule has 1 aromatic carbocycles. The Bertz CT molecular complexity index is 662. The van der Waals surface area contributed by atoms with Crippen LogP contribution in [0.15, 0.2) is 29.8 Å². The molecule has 0 heterocycles. The van der Waals surface area contributed by atoms with Crippen molar-refractivity contribution in [2.75, 3.05) is 25.6 Å². The molecule has 0 N–H and O–H groups in total. The van der Waals surface area contributed by atoms with Crippen molar-refractivity contribution in [3.63, 3.8) is 0 Å². The zero-order valence-electron chi connectivity index (χ0n) is 14.6. The van der Waals surface area contributed by atoms with Crippen molar-refractivity contribution in [2.45, 2.75) is 26.4 Å². The lowest BCUT2D eigenvalue weighted by molar-refractivity contribution is -0.164. The lowest BCUT2D eigenvalue weighted by Crippen LogP contribution is -2.27. The third kappa shape index (κ3) is 6.53. The molecule has 0 amide bonds. The molecule has 0 bridgehead atoms. The van der Waals surface area contributed by atoms with E-state index in [-0.39, 0.29) is 5.57 Å². The van der Waals surface area contributed by atoms with Gasteiger partial charge < -0.3 is 14.4 Å². The molecule has 6 nitrogen and oxygen atoms in total. The van der Waals surface area contributed by atoms with E-state index >= 15 is 0 Å². The largest absolute Gasteiger partial charge is 0.457 e. The van der Waals surface area contributed by atoms with Crippen LogP contribution in [0, 0.1) is 11.3 Å². The SMILES string of the molecule is CN(C)c1ccc(/C=C(/C#N)C(=O)OCC(=O)OC(C)(C)C)cc1. The highest BCUT2D eigenvalue weighted by molar-refractivity contribution is 5.98. The molecule has 128 valence electrons. The first-order chi connectivity index (χ1) is 11.1. The Labute approximate surface area is 142 Å². The summed E-state index contributed by atoms with van der Waals surface area (Å²) in [6.07, 6.45) is 1.41. The minimum absolute atomic E-state index is 0.184. The Morgan fingerprint density at radius 3 is 2.25 bits per heavy atom. The molecule has 0 radical (unpaired) electrons. The topological polar surface area (TPSA) is 79.6 Å². The predicted octanol–water partition coefficient (Wildman–Crippen LogP) is 2.54. The van der Waals surface area contributed by atoms with E-state index in [4.69, 9.17) is 14.7 Å². The van der Waals surface area contributed by atoms with E-state index in [2.05, 4.69) is 0 Å². The van der Waals surface area contributed by atoms with Crippen LogP contribution in [0.5, 0.6) is 0 Å². The first-order valence-electron chi connectivity index (χ1n) is 7.40. The first-order valence-corrected chi connectivity index (χ1v) is 7.40. The molecule has 0 aliphatic rings. The van der Waals surface area contributed by atoms with Gasteiger partial charge in [0, 0.05) is 19.8 Å². The first kappa shape index (κ1) is 19.2. The number of hydrogen-bond acceptors (Lipinski definition) is 6. The third-order valence-corrected chi connectivity index (χ3v) is 2.80. The fourth-order valence-electron chi connectivity index (χ4n) is 1.75. The number of benzene rings is 1. The van der Waals surface area contributed by atoms with E-state index < -0.39 is 24.1 Å². The van der Waals surface area contributed by atoms with Gasteiger partial charge in [0.2, 0.25) is 0 Å². The molecule has 6 heteroatoms. The number of carbonyl (C=O) groups excluding carboxylic acids is 2. The maximum Gasteiger partial charge on any atom is 0.349 e. The van der Waals surface area contributed by atoms with Crippen molar-refractivity contribution in [1.29, 1.82) is 5.26 Å². The summed E-state index contributed by atoms with van der Waals surface area (Å²) < 4.78 is 9.86. The summed E-state index contributed by atoms with van der Waals surface area (Å²) in [5.41, 5.74) is 0.840. The van der Waals surface area contributed by atoms with Gasteiger partial charge in [-0.15, -0.1) is 0 Å². The van der Waals surface area contributed by atoms with Gasteiger partial charge in [-0.25, -0.2) is 9.59 Å². The van der Waals surface area contributed by atoms with E-state index in [1.165, 1.54) is 6.08 Å². The molecular weight excluding hydrogens is 308 g/mol. The van der Waals surface area contributed by atoms with Crippen LogP contribution >= 0.6 is 0 Å². The van der Waals surface area contributed by atoms with Crippen LogP contribution in [0.4, 0.5) is 5.69 Å². The molecule has 0 unspecified atom stereocenters. The van der Waals surface area contributed by atoms with Gasteiger partial charge in [-0.2, -0.15) is 5.26 Å². The van der Waals surface area contributed by atoms with Crippen molar-refractivity contribution in [3.05, 3.63) is 35.4 Å². The van der Waals surface area contributed by atoms with Crippen LogP contribution in [-0.4, -0.2) is 38.2 Å². The van der Waals surface area contributed by atoms with Crippen molar-refractivity contribution in [2.24, 2.45) is 0 Å². The van der Waals surface area contributed by atoms with E-state index in [1.807, 2.05) is 31.1 Å². The van der Waals surface area contributed by atoms with Gasteiger partial charge in [0.15, 0.2) is 6.61 Å². The third-order valence-electron chi connectivity index (χ3n) is 2.80. The standard InChI is InChI=1S/C18H22N2O4/c1-18(2,3)24-16(21)12-23-17(22)14(11-19)10-13-6-8-15(9-7-13)20(4)5/h6-10H,12H2,1-5H3/b14-10-. The summed E-state index contributed by atoms with van der Waals surface area (Å²) in [7, 11) is 3.83. The number of carbonyl (C=O) groups is 2. The Morgan fingerprint density at radius 2 is 1.79 bits per heavy atom. The molecular formula is C18H22N2O4. The zero-order chi connectivity index (χ0) is 18.3. The second kappa shape index (κ2) is 8.16. The average Bonchev–Trinajstić information content (AvgIpc) is 2.49. The molecule has 0 aliphatic heterocycles. The normalized spacial score (nSPS) is 11.4. The minimum atomic E-state index is -0.861. The highest BCUT2D eigenvalue weighted by Gasteiger charge is 2.19. The summed E-state index contributed by atoms with van der Waals surface area (Å²) in [6.45, 7) is 4.61. The van der Waals surface area contributed by atoms with Gasteiger partial charge in [0.25, 0.3) is 0 Å². The highest BCUT2D eigenvalue weighted by atomic mass is 16.6. The number of nitriles is 1. The van der Waals surface area contributed by atoms with E-state index in [0.29, 0.717) is 5.56 Å². The second-order valence-corrected chi connectivity index (χ2v) is 6.32. The maximum absolute atomic E-state index is 11.9. The number of nitrogens with zero attached hydrogens (tertiary/aromatic N) is 2. The van der Waals surface area contributed by atoms with Crippen LogP contribution in [-0.2, 0) is 19.1 Å². The molecule has 0 aromatic heterocycles. The molecule has 1 aromatic rings. The smallest absolute Gasteiger partial charge is 0.349 e. The average molecular weight is 330 g/mol. The summed E-state index contributed by atoms with van der Waals surface area (Å²) in [6, 6.07) is 9.09. The van der Waals surface area contributed by atoms with Crippen molar-refractivity contribution >= 4 is 23.7 Å². The van der Waals surface area contributed by atoms with Gasteiger partial charge in [-0.1, -0.05) is 12.1 Å². The minimum Gasteiger partial charge on any atom is -0.457 e. The number of rotatable bonds is 5. The van der Waals surface area contributed by atoms with Crippen molar-refractivity contribution in [1.82, 2.24) is 0 Å². The molecule has 0 saturated heterocycles. The van der Waals surface area contributed by atoms with Crippen LogP contribution in [0.1, 0.15) is 26.3 Å². The number of esters is 2. The van der Waals surface area contributed by atoms with Crippen LogP contribution < -0.4 is 4.90 Å². The molecule has 0 fully saturated rings. The van der Waals surface area contributed by atoms with Gasteiger partial charge in [0.1, 0.15) is 17.2 Å². The lowest BCUT2D eigenvalue weighted by atomic mass is 10.1. The van der Waals surface area contributed by atoms with E-state index in [1.54, 1.807) is 39.0 Å². The summed E-state index contributed by atoms with van der Waals surface area (Å²) in [4.78, 5) is 25.4. The fourth-order valence-corrected chi connectivity index (χ4v) is 1.75. The molecule has 0 aliphatic carbocycles. The molecule has 1 rings (SSSR count). The van der Waals surface area contributed by atoms with Gasteiger partial charge >= 0.3 is 11.9 Å². The number of hydrogen-bond donors (Lipinski definition) is 0. The van der Waals surface area contributed by atoms with E-state index in [0.717, 1.165) is 5.69 Å². The van der Waals surface area contributed by atoms with Gasteiger partial charge in [0.05, 0.1) is 0 Å². The van der Waals surface area contributed by atoms with Gasteiger partial charge in [-0.05, 0) is 44.5 Å². The van der Waals surface area contributed by atoms with Crippen LogP contribution in [0.2, 0.25) is 0 Å². The number of ether oxygens (including phenoxy) is 2. The maximum atomic E-state index is 11.9. The van der Waals surface area contributed by atoms with Crippen LogP contribution in [0.25, 0.3) is 6.08 Å². The number of anilines is 1. The monoisotopic (exact) mass is 330 g/mol. The zero-order valence-corrected chi connectivity index (χ0v) is 14.6. The predicted molar refractivity (Wildman–Crippen MR) is 91.2 cm³/mol. The van der Waals surface area contributed by atoms with Gasteiger partial charge in [-0.3, -0.25) is 0 Å². The van der Waals surface area contributed by atoms with E-state index in [9.17, 15) is 9.59 Å². The summed E-state index contributed by atoms with van der Waals surface area (Å²) >= 11 is 0. The molecule has 0 spiro atoms. The quantitative estimate of drug-likeness (QED) is 0.469. The lowest BCUT2D eigenvalue weighted by Gasteiger charge is -2.19. The Balaban J connectivity index is 2.73. The second-order valence-electron chi connectivity index (χ2n) is 6.32. The summed E-state index contributed by atoms with van der Waals surface area (Å²) in [5, 5.41) is 9.11. The Kier molecular flexibility index (Phi) is 6.54. The molecule has 24 heavy (non-hydrogen) atoms. The summed E-state index contributed by atoms with van der Waals surface area (Å²) in [5.74, 6) is -1.52. The van der Waals surface area contributed by atoms with Crippen molar-refractivity contribution in [3.8, 4) is 6.07 Å².